The lowest BCUT2D eigenvalue weighted by Gasteiger charge is -2.06. The quantitative estimate of drug-likeness (QED) is 0.866. The first-order valence-corrected chi connectivity index (χ1v) is 5.29. The number of aromatic carboxylic acids is 1. The maximum Gasteiger partial charge on any atom is 0.335 e. The van der Waals surface area contributed by atoms with E-state index in [2.05, 4.69) is 0 Å². The van der Waals surface area contributed by atoms with Crippen LogP contribution < -0.4 is 0 Å². The first-order valence-electron chi connectivity index (χ1n) is 5.29. The molecule has 0 spiro atoms. The van der Waals surface area contributed by atoms with Crippen LogP contribution in [0, 0.1) is 17.1 Å². The second-order valence-corrected chi connectivity index (χ2v) is 3.85. The molecule has 0 amide bonds. The average molecular weight is 257 g/mol. The van der Waals surface area contributed by atoms with Crippen LogP contribution in [0.2, 0.25) is 0 Å². The van der Waals surface area contributed by atoms with E-state index in [0.29, 0.717) is 0 Å². The molecule has 0 aliphatic carbocycles. The number of halogens is 1. The van der Waals surface area contributed by atoms with Gasteiger partial charge >= 0.3 is 5.97 Å². The summed E-state index contributed by atoms with van der Waals surface area (Å²) in [7, 11) is 0. The van der Waals surface area contributed by atoms with Gasteiger partial charge in [0.15, 0.2) is 0 Å². The predicted octanol–water partition coefficient (Wildman–Crippen LogP) is 2.77. The van der Waals surface area contributed by atoms with Gasteiger partial charge in [-0.15, -0.1) is 0 Å². The van der Waals surface area contributed by atoms with Crippen LogP contribution in [-0.4, -0.2) is 16.2 Å². The summed E-state index contributed by atoms with van der Waals surface area (Å²) in [5.74, 6) is -2.25. The number of phenolic OH excluding ortho intramolecular Hbond substituents is 1. The fraction of sp³-hybridized carbons (Fsp3) is 0. The molecule has 0 heterocycles. The van der Waals surface area contributed by atoms with E-state index in [1.54, 1.807) is 6.07 Å². The molecule has 0 aromatic heterocycles. The van der Waals surface area contributed by atoms with Gasteiger partial charge in [-0.05, 0) is 29.8 Å². The Hall–Kier alpha value is -2.87. The molecule has 5 heteroatoms. The summed E-state index contributed by atoms with van der Waals surface area (Å²) >= 11 is 0. The molecule has 94 valence electrons. The number of nitrogens with zero attached hydrogens (tertiary/aromatic N) is 1. The number of hydrogen-bond donors (Lipinski definition) is 2. The zero-order chi connectivity index (χ0) is 14.0. The number of aromatic hydroxyl groups is 1. The molecular weight excluding hydrogens is 249 g/mol. The highest BCUT2D eigenvalue weighted by Crippen LogP contribution is 2.28. The third-order valence-corrected chi connectivity index (χ3v) is 2.59. The predicted molar refractivity (Wildman–Crippen MR) is 65.2 cm³/mol. The molecule has 2 aromatic carbocycles. The van der Waals surface area contributed by atoms with Gasteiger partial charge in [0.05, 0.1) is 11.1 Å². The third-order valence-electron chi connectivity index (χ3n) is 2.59. The smallest absolute Gasteiger partial charge is 0.335 e. The van der Waals surface area contributed by atoms with Crippen LogP contribution in [0.15, 0.2) is 36.4 Å². The fourth-order valence-corrected chi connectivity index (χ4v) is 1.73. The van der Waals surface area contributed by atoms with Crippen molar-refractivity contribution < 1.29 is 19.4 Å². The molecule has 19 heavy (non-hydrogen) atoms. The van der Waals surface area contributed by atoms with Crippen LogP contribution in [0.4, 0.5) is 4.39 Å². The molecule has 0 aliphatic rings. The maximum absolute atomic E-state index is 14.0. The lowest BCUT2D eigenvalue weighted by molar-refractivity contribution is 0.0696. The largest absolute Gasteiger partial charge is 0.508 e. The number of carboxylic acid groups (broad SMARTS) is 1. The number of nitriles is 1. The van der Waals surface area contributed by atoms with E-state index in [9.17, 15) is 14.3 Å². The Morgan fingerprint density at radius 3 is 2.63 bits per heavy atom. The van der Waals surface area contributed by atoms with E-state index in [0.717, 1.165) is 6.07 Å². The van der Waals surface area contributed by atoms with E-state index < -0.39 is 11.8 Å². The summed E-state index contributed by atoms with van der Waals surface area (Å²) in [4.78, 5) is 10.9. The van der Waals surface area contributed by atoms with E-state index in [1.807, 2.05) is 0 Å². The van der Waals surface area contributed by atoms with Crippen LogP contribution in [0.5, 0.6) is 5.75 Å². The van der Waals surface area contributed by atoms with Gasteiger partial charge in [-0.3, -0.25) is 0 Å². The van der Waals surface area contributed by atoms with Crippen LogP contribution in [0.1, 0.15) is 15.9 Å². The number of phenols is 1. The number of hydrogen-bond acceptors (Lipinski definition) is 3. The van der Waals surface area contributed by atoms with Gasteiger partial charge in [0.2, 0.25) is 0 Å². The SMILES string of the molecule is N#Cc1cccc(-c2cc(O)cc(C(=O)O)c2)c1F. The minimum absolute atomic E-state index is 0.0671. The highest BCUT2D eigenvalue weighted by atomic mass is 19.1. The zero-order valence-corrected chi connectivity index (χ0v) is 9.59. The monoisotopic (exact) mass is 257 g/mol. The van der Waals surface area contributed by atoms with E-state index >= 15 is 0 Å². The zero-order valence-electron chi connectivity index (χ0n) is 9.59. The Bertz CT molecular complexity index is 704. The Morgan fingerprint density at radius 2 is 2.00 bits per heavy atom. The van der Waals surface area contributed by atoms with Crippen molar-refractivity contribution >= 4 is 5.97 Å². The lowest BCUT2D eigenvalue weighted by Crippen LogP contribution is -1.97. The van der Waals surface area contributed by atoms with Gasteiger partial charge in [-0.1, -0.05) is 12.1 Å². The third kappa shape index (κ3) is 2.38. The van der Waals surface area contributed by atoms with Crippen molar-refractivity contribution in [3.63, 3.8) is 0 Å². The van der Waals surface area contributed by atoms with Crippen LogP contribution in [0.3, 0.4) is 0 Å². The molecule has 0 saturated heterocycles. The average Bonchev–Trinajstić information content (AvgIpc) is 2.38. The normalized spacial score (nSPS) is 9.89. The van der Waals surface area contributed by atoms with E-state index in [-0.39, 0.29) is 28.0 Å². The highest BCUT2D eigenvalue weighted by molar-refractivity contribution is 5.90. The van der Waals surface area contributed by atoms with Crippen molar-refractivity contribution in [3.8, 4) is 22.9 Å². The lowest BCUT2D eigenvalue weighted by atomic mass is 10.00. The highest BCUT2D eigenvalue weighted by Gasteiger charge is 2.13. The summed E-state index contributed by atoms with van der Waals surface area (Å²) in [6.07, 6.45) is 0. The summed E-state index contributed by atoms with van der Waals surface area (Å²) in [5, 5.41) is 27.1. The Balaban J connectivity index is 2.66. The minimum Gasteiger partial charge on any atom is -0.508 e. The Morgan fingerprint density at radius 1 is 1.26 bits per heavy atom. The molecule has 2 N–H and O–H groups in total. The molecule has 0 bridgehead atoms. The summed E-state index contributed by atoms with van der Waals surface area (Å²) in [5.41, 5.74) is -0.0288. The van der Waals surface area contributed by atoms with Crippen molar-refractivity contribution in [3.05, 3.63) is 53.3 Å². The molecule has 0 atom stereocenters. The van der Waals surface area contributed by atoms with Crippen LogP contribution >= 0.6 is 0 Å². The second kappa shape index (κ2) is 4.78. The maximum atomic E-state index is 14.0. The molecule has 0 unspecified atom stereocenters. The van der Waals surface area contributed by atoms with Crippen LogP contribution in [0.25, 0.3) is 11.1 Å². The van der Waals surface area contributed by atoms with Gasteiger partial charge in [0.25, 0.3) is 0 Å². The molecule has 0 fully saturated rings. The van der Waals surface area contributed by atoms with Gasteiger partial charge in [-0.25, -0.2) is 9.18 Å². The van der Waals surface area contributed by atoms with Crippen molar-refractivity contribution in [1.29, 1.82) is 5.26 Å². The fourth-order valence-electron chi connectivity index (χ4n) is 1.73. The van der Waals surface area contributed by atoms with E-state index in [1.165, 1.54) is 30.3 Å². The van der Waals surface area contributed by atoms with Crippen molar-refractivity contribution in [2.45, 2.75) is 0 Å². The first-order chi connectivity index (χ1) is 9.02. The van der Waals surface area contributed by atoms with Gasteiger partial charge in [0, 0.05) is 5.56 Å². The molecule has 2 aromatic rings. The van der Waals surface area contributed by atoms with Crippen LogP contribution in [-0.2, 0) is 0 Å². The molecule has 0 saturated carbocycles. The molecule has 4 nitrogen and oxygen atoms in total. The Labute approximate surface area is 108 Å². The molecule has 0 radical (unpaired) electrons. The van der Waals surface area contributed by atoms with E-state index in [4.69, 9.17) is 10.4 Å². The topological polar surface area (TPSA) is 81.3 Å². The van der Waals surface area contributed by atoms with Crippen molar-refractivity contribution in [2.75, 3.05) is 0 Å². The number of carboxylic acids is 1. The second-order valence-electron chi connectivity index (χ2n) is 3.85. The van der Waals surface area contributed by atoms with Crippen molar-refractivity contribution in [2.24, 2.45) is 0 Å². The number of rotatable bonds is 2. The molecular formula is C14H8FNO3. The van der Waals surface area contributed by atoms with Gasteiger partial charge < -0.3 is 10.2 Å². The van der Waals surface area contributed by atoms with Gasteiger partial charge in [-0.2, -0.15) is 5.26 Å². The minimum atomic E-state index is -1.23. The summed E-state index contributed by atoms with van der Waals surface area (Å²) in [6, 6.07) is 9.47. The summed E-state index contributed by atoms with van der Waals surface area (Å²) < 4.78 is 14.0. The standard InChI is InChI=1S/C14H8FNO3/c15-13-8(7-16)2-1-3-12(13)9-4-10(14(18)19)6-11(17)5-9/h1-6,17H,(H,18,19). The number of benzene rings is 2. The van der Waals surface area contributed by atoms with Crippen molar-refractivity contribution in [1.82, 2.24) is 0 Å². The van der Waals surface area contributed by atoms with Gasteiger partial charge in [0.1, 0.15) is 17.6 Å². The number of carbonyl (C=O) groups is 1. The molecule has 2 rings (SSSR count). The Kier molecular flexibility index (Phi) is 3.17. The molecule has 0 aliphatic heterocycles. The first kappa shape index (κ1) is 12.6. The summed E-state index contributed by atoms with van der Waals surface area (Å²) in [6.45, 7) is 0.